The number of carbonyl (C=O) groups excluding carboxylic acids is 1. The summed E-state index contributed by atoms with van der Waals surface area (Å²) in [6.45, 7) is 3.06. The van der Waals surface area contributed by atoms with Crippen LogP contribution in [-0.4, -0.2) is 23.4 Å². The summed E-state index contributed by atoms with van der Waals surface area (Å²) in [5.41, 5.74) is 5.02. The minimum atomic E-state index is 0.103. The predicted octanol–water partition coefficient (Wildman–Crippen LogP) is 4.16. The Morgan fingerprint density at radius 1 is 1.00 bits per heavy atom. The van der Waals surface area contributed by atoms with Gasteiger partial charge in [-0.1, -0.05) is 42.8 Å². The molecule has 2 bridgehead atoms. The van der Waals surface area contributed by atoms with Crippen LogP contribution in [0.25, 0.3) is 0 Å². The van der Waals surface area contributed by atoms with Crippen molar-refractivity contribution in [1.82, 2.24) is 10.2 Å². The van der Waals surface area contributed by atoms with Gasteiger partial charge in [0.25, 0.3) is 5.91 Å². The summed E-state index contributed by atoms with van der Waals surface area (Å²) < 4.78 is 0. The Morgan fingerprint density at radius 2 is 1.81 bits per heavy atom. The van der Waals surface area contributed by atoms with Crippen LogP contribution in [0.3, 0.4) is 0 Å². The van der Waals surface area contributed by atoms with Gasteiger partial charge in [0.1, 0.15) is 0 Å². The molecule has 5 rings (SSSR count). The number of nitrogens with one attached hydrogen (secondary N) is 1. The SMILES string of the molecule is O=C(NC1CC2CCC1C2)c1ccc(CN2CCc3ccccc3C2)cc1. The summed E-state index contributed by atoms with van der Waals surface area (Å²) in [7, 11) is 0. The summed E-state index contributed by atoms with van der Waals surface area (Å²) in [5, 5.41) is 3.29. The van der Waals surface area contributed by atoms with Crippen LogP contribution in [0, 0.1) is 11.8 Å². The normalized spacial score (nSPS) is 26.7. The highest BCUT2D eigenvalue weighted by Crippen LogP contribution is 2.44. The second-order valence-electron chi connectivity index (χ2n) is 8.68. The number of rotatable bonds is 4. The molecular formula is C24H28N2O. The van der Waals surface area contributed by atoms with Crippen molar-refractivity contribution in [3.05, 3.63) is 70.8 Å². The molecule has 0 saturated heterocycles. The lowest BCUT2D eigenvalue weighted by molar-refractivity contribution is 0.0923. The van der Waals surface area contributed by atoms with Crippen LogP contribution in [-0.2, 0) is 19.5 Å². The molecule has 3 aliphatic rings. The van der Waals surface area contributed by atoms with Gasteiger partial charge in [-0.3, -0.25) is 9.69 Å². The standard InChI is InChI=1S/C24H28N2O/c27-24(25-23-14-18-7-10-21(23)13-18)20-8-5-17(6-9-20)15-26-12-11-19-3-1-2-4-22(19)16-26/h1-6,8-9,18,21,23H,7,10-16H2,(H,25,27). The summed E-state index contributed by atoms with van der Waals surface area (Å²) in [4.78, 5) is 15.1. The molecule has 2 fully saturated rings. The number of nitrogens with zero attached hydrogens (tertiary/aromatic N) is 1. The highest BCUT2D eigenvalue weighted by molar-refractivity contribution is 5.94. The van der Waals surface area contributed by atoms with Crippen molar-refractivity contribution in [1.29, 1.82) is 0 Å². The number of fused-ring (bicyclic) bond motifs is 3. The Hall–Kier alpha value is -2.13. The fourth-order valence-electron chi connectivity index (χ4n) is 5.38. The van der Waals surface area contributed by atoms with E-state index in [9.17, 15) is 4.79 Å². The van der Waals surface area contributed by atoms with E-state index in [0.717, 1.165) is 43.5 Å². The summed E-state index contributed by atoms with van der Waals surface area (Å²) in [6, 6.07) is 17.4. The van der Waals surface area contributed by atoms with Crippen LogP contribution in [0.15, 0.2) is 48.5 Å². The second kappa shape index (κ2) is 7.12. The fourth-order valence-corrected chi connectivity index (χ4v) is 5.38. The van der Waals surface area contributed by atoms with Gasteiger partial charge >= 0.3 is 0 Å². The van der Waals surface area contributed by atoms with Crippen molar-refractivity contribution in [2.75, 3.05) is 6.54 Å². The topological polar surface area (TPSA) is 32.3 Å². The Bertz CT molecular complexity index is 829. The molecule has 2 aromatic carbocycles. The van der Waals surface area contributed by atoms with Crippen LogP contribution in [0.5, 0.6) is 0 Å². The molecule has 3 nitrogen and oxygen atoms in total. The summed E-state index contributed by atoms with van der Waals surface area (Å²) >= 11 is 0. The third-order valence-electron chi connectivity index (χ3n) is 6.89. The van der Waals surface area contributed by atoms with E-state index in [2.05, 4.69) is 46.6 Å². The number of amides is 1. The van der Waals surface area contributed by atoms with E-state index in [-0.39, 0.29) is 5.91 Å². The van der Waals surface area contributed by atoms with E-state index in [1.165, 1.54) is 42.4 Å². The van der Waals surface area contributed by atoms with Gasteiger partial charge in [0.15, 0.2) is 0 Å². The molecule has 0 aromatic heterocycles. The summed E-state index contributed by atoms with van der Waals surface area (Å²) in [6.07, 6.45) is 6.30. The molecule has 1 N–H and O–H groups in total. The zero-order valence-corrected chi connectivity index (χ0v) is 15.9. The lowest BCUT2D eigenvalue weighted by Gasteiger charge is -2.28. The third-order valence-corrected chi connectivity index (χ3v) is 6.89. The van der Waals surface area contributed by atoms with Gasteiger partial charge in [-0.25, -0.2) is 0 Å². The third kappa shape index (κ3) is 3.53. The lowest BCUT2D eigenvalue weighted by Crippen LogP contribution is -2.38. The van der Waals surface area contributed by atoms with Crippen LogP contribution in [0.2, 0.25) is 0 Å². The van der Waals surface area contributed by atoms with Gasteiger partial charge in [0.05, 0.1) is 0 Å². The molecule has 0 spiro atoms. The molecule has 1 heterocycles. The van der Waals surface area contributed by atoms with E-state index in [1.807, 2.05) is 12.1 Å². The predicted molar refractivity (Wildman–Crippen MR) is 107 cm³/mol. The first kappa shape index (κ1) is 17.0. The highest BCUT2D eigenvalue weighted by Gasteiger charge is 2.40. The lowest BCUT2D eigenvalue weighted by atomic mass is 9.95. The first-order chi connectivity index (χ1) is 13.2. The molecule has 2 aliphatic carbocycles. The van der Waals surface area contributed by atoms with E-state index in [0.29, 0.717) is 6.04 Å². The monoisotopic (exact) mass is 360 g/mol. The fraction of sp³-hybridized carbons (Fsp3) is 0.458. The van der Waals surface area contributed by atoms with Gasteiger partial charge in [0.2, 0.25) is 0 Å². The Morgan fingerprint density at radius 3 is 2.56 bits per heavy atom. The second-order valence-corrected chi connectivity index (χ2v) is 8.68. The van der Waals surface area contributed by atoms with Gasteiger partial charge in [-0.05, 0) is 66.3 Å². The minimum Gasteiger partial charge on any atom is -0.349 e. The maximum absolute atomic E-state index is 12.6. The number of benzene rings is 2. The molecule has 3 atom stereocenters. The smallest absolute Gasteiger partial charge is 0.251 e. The number of hydrogen-bond acceptors (Lipinski definition) is 2. The maximum Gasteiger partial charge on any atom is 0.251 e. The van der Waals surface area contributed by atoms with Gasteiger partial charge < -0.3 is 5.32 Å². The van der Waals surface area contributed by atoms with E-state index < -0.39 is 0 Å². The number of carbonyl (C=O) groups is 1. The van der Waals surface area contributed by atoms with Crippen molar-refractivity contribution in [3.63, 3.8) is 0 Å². The van der Waals surface area contributed by atoms with Gasteiger partial charge in [-0.2, -0.15) is 0 Å². The van der Waals surface area contributed by atoms with Crippen LogP contribution in [0.4, 0.5) is 0 Å². The Balaban J connectivity index is 1.19. The zero-order valence-electron chi connectivity index (χ0n) is 15.9. The van der Waals surface area contributed by atoms with Crippen LogP contribution in [0.1, 0.15) is 52.7 Å². The van der Waals surface area contributed by atoms with Gasteiger partial charge in [-0.15, -0.1) is 0 Å². The Labute approximate surface area is 161 Å². The van der Waals surface area contributed by atoms with Crippen molar-refractivity contribution in [3.8, 4) is 0 Å². The molecule has 27 heavy (non-hydrogen) atoms. The maximum atomic E-state index is 12.6. The van der Waals surface area contributed by atoms with E-state index >= 15 is 0 Å². The van der Waals surface area contributed by atoms with E-state index in [4.69, 9.17) is 0 Å². The first-order valence-corrected chi connectivity index (χ1v) is 10.4. The van der Waals surface area contributed by atoms with E-state index in [1.54, 1.807) is 0 Å². The quantitative estimate of drug-likeness (QED) is 0.888. The molecular weight excluding hydrogens is 332 g/mol. The van der Waals surface area contributed by atoms with Crippen molar-refractivity contribution in [2.24, 2.45) is 11.8 Å². The van der Waals surface area contributed by atoms with Crippen LogP contribution >= 0.6 is 0 Å². The zero-order chi connectivity index (χ0) is 18.2. The highest BCUT2D eigenvalue weighted by atomic mass is 16.1. The van der Waals surface area contributed by atoms with Crippen LogP contribution < -0.4 is 5.32 Å². The Kier molecular flexibility index (Phi) is 4.48. The number of hydrogen-bond donors (Lipinski definition) is 1. The minimum absolute atomic E-state index is 0.103. The van der Waals surface area contributed by atoms with Crippen molar-refractivity contribution >= 4 is 5.91 Å². The molecule has 1 aliphatic heterocycles. The molecule has 1 amide bonds. The average Bonchev–Trinajstić information content (AvgIpc) is 3.31. The molecule has 0 radical (unpaired) electrons. The molecule has 2 saturated carbocycles. The van der Waals surface area contributed by atoms with Crippen molar-refractivity contribution < 1.29 is 4.79 Å². The molecule has 3 unspecified atom stereocenters. The van der Waals surface area contributed by atoms with Gasteiger partial charge in [0, 0.05) is 31.2 Å². The molecule has 140 valence electrons. The molecule has 2 aromatic rings. The largest absolute Gasteiger partial charge is 0.349 e. The average molecular weight is 361 g/mol. The first-order valence-electron chi connectivity index (χ1n) is 10.4. The van der Waals surface area contributed by atoms with Crippen molar-refractivity contribution in [2.45, 2.75) is 51.2 Å². The molecule has 3 heteroatoms. The summed E-state index contributed by atoms with van der Waals surface area (Å²) in [5.74, 6) is 1.68.